The molecule has 1 aromatic heterocycles. The lowest BCUT2D eigenvalue weighted by atomic mass is 9.66. The topological polar surface area (TPSA) is 70.5 Å². The molecule has 3 aromatic rings. The van der Waals surface area contributed by atoms with Crippen molar-refractivity contribution in [1.82, 2.24) is 9.88 Å². The van der Waals surface area contributed by atoms with Gasteiger partial charge in [-0.05, 0) is 65.9 Å². The van der Waals surface area contributed by atoms with Crippen molar-refractivity contribution >= 4 is 35.1 Å². The van der Waals surface area contributed by atoms with Gasteiger partial charge in [0, 0.05) is 28.4 Å². The zero-order chi connectivity index (χ0) is 25.2. The van der Waals surface area contributed by atoms with E-state index in [2.05, 4.69) is 4.98 Å². The number of aliphatic carboxylic acids is 1. The Balaban J connectivity index is 1.95. The molecule has 0 radical (unpaired) electrons. The van der Waals surface area contributed by atoms with E-state index < -0.39 is 11.4 Å². The number of hydrogen-bond donors (Lipinski definition) is 1. The first kappa shape index (κ1) is 25.2. The van der Waals surface area contributed by atoms with Crippen molar-refractivity contribution in [1.29, 1.82) is 0 Å². The standard InChI is InChI=1S/C28H28Cl2N2O3/c1-3-24(18-11-13-31-14-12-18)32-26(19-7-9-21(29)10-8-19)23(20-5-4-6-22(30)15-20)16-28(2,27(32)35)17-25(33)34/h4-15,23-24,26H,3,16-17H2,1-2H3,(H,33,34)/t23-,24+,26-,28-/m1/s1. The predicted molar refractivity (Wildman–Crippen MR) is 137 cm³/mol. The van der Waals surface area contributed by atoms with Crippen LogP contribution in [0.1, 0.15) is 67.8 Å². The summed E-state index contributed by atoms with van der Waals surface area (Å²) in [4.78, 5) is 32.2. The Kier molecular flexibility index (Phi) is 7.48. The summed E-state index contributed by atoms with van der Waals surface area (Å²) in [6.45, 7) is 3.81. The van der Waals surface area contributed by atoms with Crippen LogP contribution in [0.2, 0.25) is 10.0 Å². The minimum absolute atomic E-state index is 0.165. The van der Waals surface area contributed by atoms with E-state index in [1.165, 1.54) is 0 Å². The molecule has 182 valence electrons. The van der Waals surface area contributed by atoms with Crippen LogP contribution in [0.4, 0.5) is 0 Å². The Morgan fingerprint density at radius 2 is 1.77 bits per heavy atom. The number of carbonyl (C=O) groups excluding carboxylic acids is 1. The predicted octanol–water partition coefficient (Wildman–Crippen LogP) is 7.08. The van der Waals surface area contributed by atoms with Gasteiger partial charge >= 0.3 is 5.97 Å². The third-order valence-corrected chi connectivity index (χ3v) is 7.43. The van der Waals surface area contributed by atoms with Gasteiger partial charge in [-0.2, -0.15) is 0 Å². The average molecular weight is 511 g/mol. The Hall–Kier alpha value is -2.89. The quantitative estimate of drug-likeness (QED) is 0.368. The lowest BCUT2D eigenvalue weighted by Crippen LogP contribution is -2.53. The number of piperidine rings is 1. The van der Waals surface area contributed by atoms with Crippen LogP contribution in [0.5, 0.6) is 0 Å². The van der Waals surface area contributed by atoms with Gasteiger partial charge in [0.15, 0.2) is 0 Å². The molecule has 0 saturated carbocycles. The summed E-state index contributed by atoms with van der Waals surface area (Å²) in [5.41, 5.74) is 1.79. The van der Waals surface area contributed by atoms with Crippen LogP contribution >= 0.6 is 23.2 Å². The molecular weight excluding hydrogens is 483 g/mol. The molecule has 0 bridgehead atoms. The highest BCUT2D eigenvalue weighted by Crippen LogP contribution is 2.54. The van der Waals surface area contributed by atoms with Gasteiger partial charge in [-0.15, -0.1) is 0 Å². The number of carbonyl (C=O) groups is 2. The van der Waals surface area contributed by atoms with Crippen LogP contribution < -0.4 is 0 Å². The lowest BCUT2D eigenvalue weighted by molar-refractivity contribution is -0.160. The van der Waals surface area contributed by atoms with Crippen molar-refractivity contribution in [2.45, 2.75) is 51.1 Å². The molecule has 0 spiro atoms. The molecule has 2 heterocycles. The Morgan fingerprint density at radius 3 is 2.37 bits per heavy atom. The van der Waals surface area contributed by atoms with Gasteiger partial charge in [0.25, 0.3) is 0 Å². The molecule has 1 N–H and O–H groups in total. The van der Waals surface area contributed by atoms with E-state index >= 15 is 0 Å². The van der Waals surface area contributed by atoms with E-state index in [0.29, 0.717) is 22.9 Å². The fraction of sp³-hybridized carbons (Fsp3) is 0.321. The van der Waals surface area contributed by atoms with Gasteiger partial charge in [0.2, 0.25) is 5.91 Å². The number of pyridine rings is 1. The molecule has 0 unspecified atom stereocenters. The summed E-state index contributed by atoms with van der Waals surface area (Å²) in [6, 6.07) is 18.4. The van der Waals surface area contributed by atoms with Crippen LogP contribution in [0, 0.1) is 5.41 Å². The van der Waals surface area contributed by atoms with E-state index in [1.807, 2.05) is 72.5 Å². The molecule has 4 atom stereocenters. The van der Waals surface area contributed by atoms with Crippen LogP contribution in [0.15, 0.2) is 73.1 Å². The van der Waals surface area contributed by atoms with Gasteiger partial charge in [-0.1, -0.05) is 61.3 Å². The minimum atomic E-state index is -1.08. The highest BCUT2D eigenvalue weighted by molar-refractivity contribution is 6.30. The minimum Gasteiger partial charge on any atom is -0.481 e. The Bertz CT molecular complexity index is 1200. The van der Waals surface area contributed by atoms with E-state index in [0.717, 1.165) is 16.7 Å². The van der Waals surface area contributed by atoms with Crippen LogP contribution in [0.25, 0.3) is 0 Å². The van der Waals surface area contributed by atoms with Crippen molar-refractivity contribution in [2.75, 3.05) is 0 Å². The molecule has 35 heavy (non-hydrogen) atoms. The van der Waals surface area contributed by atoms with Crippen LogP contribution in [-0.2, 0) is 9.59 Å². The van der Waals surface area contributed by atoms with E-state index in [4.69, 9.17) is 23.2 Å². The van der Waals surface area contributed by atoms with Crippen LogP contribution in [-0.4, -0.2) is 26.9 Å². The van der Waals surface area contributed by atoms with E-state index in [9.17, 15) is 14.7 Å². The van der Waals surface area contributed by atoms with Gasteiger partial charge < -0.3 is 10.0 Å². The zero-order valence-corrected chi connectivity index (χ0v) is 21.2. The van der Waals surface area contributed by atoms with E-state index in [1.54, 1.807) is 19.3 Å². The molecule has 1 saturated heterocycles. The second-order valence-corrected chi connectivity index (χ2v) is 10.3. The normalized spacial score (nSPS) is 23.2. The number of nitrogens with zero attached hydrogens (tertiary/aromatic N) is 2. The molecule has 1 fully saturated rings. The number of benzene rings is 2. The summed E-state index contributed by atoms with van der Waals surface area (Å²) >= 11 is 12.6. The van der Waals surface area contributed by atoms with Crippen molar-refractivity contribution in [3.8, 4) is 0 Å². The van der Waals surface area contributed by atoms with Crippen LogP contribution in [0.3, 0.4) is 0 Å². The maximum atomic E-state index is 14.2. The molecule has 1 amide bonds. The fourth-order valence-corrected chi connectivity index (χ4v) is 5.73. The smallest absolute Gasteiger partial charge is 0.304 e. The number of halogens is 2. The average Bonchev–Trinajstić information content (AvgIpc) is 2.83. The van der Waals surface area contributed by atoms with Gasteiger partial charge in [-0.3, -0.25) is 14.6 Å². The molecule has 1 aliphatic heterocycles. The number of likely N-dealkylation sites (tertiary alicyclic amines) is 1. The fourth-order valence-electron chi connectivity index (χ4n) is 5.40. The van der Waals surface area contributed by atoms with E-state index in [-0.39, 0.29) is 30.3 Å². The number of rotatable bonds is 7. The Labute approximate surface area is 215 Å². The molecular formula is C28H28Cl2N2O3. The first-order valence-corrected chi connectivity index (χ1v) is 12.4. The summed E-state index contributed by atoms with van der Waals surface area (Å²) in [5.74, 6) is -1.33. The first-order valence-electron chi connectivity index (χ1n) is 11.7. The second kappa shape index (κ2) is 10.4. The van der Waals surface area contributed by atoms with Crippen molar-refractivity contribution < 1.29 is 14.7 Å². The number of carboxylic acid groups (broad SMARTS) is 1. The van der Waals surface area contributed by atoms with Gasteiger partial charge in [0.1, 0.15) is 0 Å². The molecule has 2 aromatic carbocycles. The third-order valence-electron chi connectivity index (χ3n) is 6.95. The summed E-state index contributed by atoms with van der Waals surface area (Å²) in [6.07, 6.45) is 4.23. The maximum absolute atomic E-state index is 14.2. The maximum Gasteiger partial charge on any atom is 0.304 e. The van der Waals surface area contributed by atoms with Crippen molar-refractivity contribution in [3.05, 3.63) is 99.8 Å². The number of carboxylic acids is 1. The lowest BCUT2D eigenvalue weighted by Gasteiger charge is -2.52. The van der Waals surface area contributed by atoms with Crippen molar-refractivity contribution in [2.24, 2.45) is 5.41 Å². The number of aromatic nitrogens is 1. The number of hydrogen-bond acceptors (Lipinski definition) is 3. The number of amides is 1. The molecule has 4 rings (SSSR count). The van der Waals surface area contributed by atoms with Gasteiger partial charge in [-0.25, -0.2) is 0 Å². The molecule has 0 aliphatic carbocycles. The van der Waals surface area contributed by atoms with Crippen molar-refractivity contribution in [3.63, 3.8) is 0 Å². The summed E-state index contributed by atoms with van der Waals surface area (Å²) < 4.78 is 0. The second-order valence-electron chi connectivity index (χ2n) is 9.41. The highest BCUT2D eigenvalue weighted by atomic mass is 35.5. The highest BCUT2D eigenvalue weighted by Gasteiger charge is 2.52. The SMILES string of the molecule is CC[C@@H](c1ccncc1)N1C(=O)[C@@](C)(CC(=O)O)C[C@H](c2cccc(Cl)c2)[C@H]1c1ccc(Cl)cc1. The molecule has 1 aliphatic rings. The Morgan fingerprint density at radius 1 is 1.09 bits per heavy atom. The first-order chi connectivity index (χ1) is 16.7. The summed E-state index contributed by atoms with van der Waals surface area (Å²) in [5, 5.41) is 11.0. The monoisotopic (exact) mass is 510 g/mol. The van der Waals surface area contributed by atoms with Gasteiger partial charge in [0.05, 0.1) is 23.9 Å². The summed E-state index contributed by atoms with van der Waals surface area (Å²) in [7, 11) is 0. The largest absolute Gasteiger partial charge is 0.481 e. The zero-order valence-electron chi connectivity index (χ0n) is 19.7. The molecule has 5 nitrogen and oxygen atoms in total. The molecule has 7 heteroatoms. The third kappa shape index (κ3) is 5.21.